The number of carbonyl (C=O) groups is 1. The number of rotatable bonds is 8. The lowest BCUT2D eigenvalue weighted by atomic mass is 9.92. The lowest BCUT2D eigenvalue weighted by Crippen LogP contribution is -2.43. The van der Waals surface area contributed by atoms with Crippen LogP contribution in [0.1, 0.15) is 62.6 Å². The molecule has 152 valence electrons. The molecule has 0 saturated carbocycles. The van der Waals surface area contributed by atoms with Crippen molar-refractivity contribution in [3.63, 3.8) is 0 Å². The van der Waals surface area contributed by atoms with Crippen LogP contribution in [0.4, 0.5) is 13.2 Å². The zero-order valence-electron chi connectivity index (χ0n) is 16.2. The first-order chi connectivity index (χ1) is 13.4. The van der Waals surface area contributed by atoms with Gasteiger partial charge < -0.3 is 0 Å². The lowest BCUT2D eigenvalue weighted by Gasteiger charge is -2.30. The fraction of sp³-hybridized carbons (Fsp3) is 0.500. The summed E-state index contributed by atoms with van der Waals surface area (Å²) in [4.78, 5) is 11.6. The van der Waals surface area contributed by atoms with Gasteiger partial charge in [0.05, 0.1) is 0 Å². The zero-order valence-corrected chi connectivity index (χ0v) is 16.2. The maximum Gasteiger partial charge on any atom is 0.409 e. The average Bonchev–Trinajstić information content (AvgIpc) is 3.06. The number of amides is 1. The van der Waals surface area contributed by atoms with Crippen LogP contribution in [0.25, 0.3) is 10.8 Å². The standard InChI is InChI=1S/C22H27F3N2O/c1-2-3-4-5-6-9-16-10-7-11-17-12-8-13-18(20(16)17)21(22(23,24)25)27-15-14-19(28)26-27/h7-8,10-13,21H,2-6,9,14-15H2,1H3,(H,26,28)/t21-/m0/s1. The van der Waals surface area contributed by atoms with E-state index in [1.54, 1.807) is 12.1 Å². The van der Waals surface area contributed by atoms with E-state index in [0.29, 0.717) is 5.39 Å². The predicted molar refractivity (Wildman–Crippen MR) is 105 cm³/mol. The molecule has 2 aromatic carbocycles. The topological polar surface area (TPSA) is 32.3 Å². The minimum Gasteiger partial charge on any atom is -0.288 e. The van der Waals surface area contributed by atoms with Crippen molar-refractivity contribution in [1.29, 1.82) is 0 Å². The summed E-state index contributed by atoms with van der Waals surface area (Å²) in [7, 11) is 0. The third kappa shape index (κ3) is 4.66. The summed E-state index contributed by atoms with van der Waals surface area (Å²) in [6, 6.07) is 8.93. The molecule has 0 radical (unpaired) electrons. The normalized spacial score (nSPS) is 16.5. The van der Waals surface area contributed by atoms with Gasteiger partial charge in [-0.25, -0.2) is 5.01 Å². The minimum absolute atomic E-state index is 0.0541. The first-order valence-corrected chi connectivity index (χ1v) is 10.0. The molecule has 1 atom stereocenters. The number of nitrogens with one attached hydrogen (secondary N) is 1. The van der Waals surface area contributed by atoms with Gasteiger partial charge >= 0.3 is 6.18 Å². The third-order valence-corrected chi connectivity index (χ3v) is 5.34. The van der Waals surface area contributed by atoms with Crippen molar-refractivity contribution in [3.05, 3.63) is 47.5 Å². The van der Waals surface area contributed by atoms with Crippen LogP contribution in [-0.2, 0) is 11.2 Å². The number of halogens is 3. The number of unbranched alkanes of at least 4 members (excludes halogenated alkanes) is 4. The van der Waals surface area contributed by atoms with Gasteiger partial charge in [-0.1, -0.05) is 69.0 Å². The highest BCUT2D eigenvalue weighted by Gasteiger charge is 2.47. The summed E-state index contributed by atoms with van der Waals surface area (Å²) in [5, 5.41) is 2.52. The van der Waals surface area contributed by atoms with Gasteiger partial charge in [0.2, 0.25) is 5.91 Å². The van der Waals surface area contributed by atoms with Crippen LogP contribution in [-0.4, -0.2) is 23.6 Å². The molecule has 3 nitrogen and oxygen atoms in total. The van der Waals surface area contributed by atoms with E-state index in [1.807, 2.05) is 24.3 Å². The molecule has 28 heavy (non-hydrogen) atoms. The molecule has 1 amide bonds. The molecule has 1 heterocycles. The summed E-state index contributed by atoms with van der Waals surface area (Å²) in [6.45, 7) is 2.21. The maximum absolute atomic E-state index is 14.0. The molecule has 1 aliphatic rings. The van der Waals surface area contributed by atoms with Crippen LogP contribution < -0.4 is 5.43 Å². The van der Waals surface area contributed by atoms with Crippen molar-refractivity contribution >= 4 is 16.7 Å². The molecule has 1 aliphatic heterocycles. The fourth-order valence-corrected chi connectivity index (χ4v) is 4.01. The van der Waals surface area contributed by atoms with E-state index in [9.17, 15) is 18.0 Å². The third-order valence-electron chi connectivity index (χ3n) is 5.34. The first-order valence-electron chi connectivity index (χ1n) is 10.0. The largest absolute Gasteiger partial charge is 0.409 e. The quantitative estimate of drug-likeness (QED) is 0.585. The van der Waals surface area contributed by atoms with Crippen LogP contribution in [0.5, 0.6) is 0 Å². The molecule has 0 spiro atoms. The van der Waals surface area contributed by atoms with E-state index in [-0.39, 0.29) is 24.4 Å². The monoisotopic (exact) mass is 392 g/mol. The summed E-state index contributed by atoms with van der Waals surface area (Å²) in [5.74, 6) is -0.370. The highest BCUT2D eigenvalue weighted by molar-refractivity contribution is 5.89. The highest BCUT2D eigenvalue weighted by Crippen LogP contribution is 2.41. The molecule has 0 bridgehead atoms. The number of aryl methyl sites for hydroxylation is 1. The molecule has 0 aromatic heterocycles. The molecule has 3 rings (SSSR count). The van der Waals surface area contributed by atoms with Gasteiger partial charge in [-0.3, -0.25) is 10.2 Å². The molecule has 1 N–H and O–H groups in total. The molecule has 0 aliphatic carbocycles. The first kappa shape index (κ1) is 20.6. The Bertz CT molecular complexity index is 814. The number of benzene rings is 2. The Kier molecular flexibility index (Phi) is 6.60. The Morgan fingerprint density at radius 2 is 1.79 bits per heavy atom. The second-order valence-electron chi connectivity index (χ2n) is 7.45. The van der Waals surface area contributed by atoms with E-state index >= 15 is 0 Å². The van der Waals surface area contributed by atoms with Crippen LogP contribution in [0.3, 0.4) is 0 Å². The Morgan fingerprint density at radius 3 is 2.43 bits per heavy atom. The molecule has 1 fully saturated rings. The number of carbonyl (C=O) groups excluding carboxylic acids is 1. The number of nitrogens with zero attached hydrogens (tertiary/aromatic N) is 1. The molecule has 6 heteroatoms. The van der Waals surface area contributed by atoms with E-state index in [0.717, 1.165) is 48.1 Å². The van der Waals surface area contributed by atoms with Crippen LogP contribution >= 0.6 is 0 Å². The fourth-order valence-electron chi connectivity index (χ4n) is 4.01. The van der Waals surface area contributed by atoms with Crippen molar-refractivity contribution in [2.75, 3.05) is 6.54 Å². The number of hydrazine groups is 1. The molecular formula is C22H27F3N2O. The smallest absolute Gasteiger partial charge is 0.288 e. The number of alkyl halides is 3. The zero-order chi connectivity index (χ0) is 20.1. The molecular weight excluding hydrogens is 365 g/mol. The van der Waals surface area contributed by atoms with Crippen molar-refractivity contribution < 1.29 is 18.0 Å². The Balaban J connectivity index is 1.98. The van der Waals surface area contributed by atoms with Gasteiger partial charge in [0, 0.05) is 13.0 Å². The number of hydrogen-bond donors (Lipinski definition) is 1. The second-order valence-corrected chi connectivity index (χ2v) is 7.45. The van der Waals surface area contributed by atoms with Crippen molar-refractivity contribution in [2.45, 2.75) is 64.1 Å². The summed E-state index contributed by atoms with van der Waals surface area (Å²) in [5.41, 5.74) is 3.55. The SMILES string of the molecule is CCCCCCCc1cccc2cccc([C@H](N3CCC(=O)N3)C(F)(F)F)c12. The van der Waals surface area contributed by atoms with Crippen LogP contribution in [0, 0.1) is 0 Å². The van der Waals surface area contributed by atoms with Crippen LogP contribution in [0.15, 0.2) is 36.4 Å². The Morgan fingerprint density at radius 1 is 1.07 bits per heavy atom. The van der Waals surface area contributed by atoms with Crippen LogP contribution in [0.2, 0.25) is 0 Å². The lowest BCUT2D eigenvalue weighted by molar-refractivity contribution is -0.190. The Hall–Kier alpha value is -2.08. The van der Waals surface area contributed by atoms with E-state index in [2.05, 4.69) is 12.3 Å². The van der Waals surface area contributed by atoms with Gasteiger partial charge in [0.1, 0.15) is 0 Å². The maximum atomic E-state index is 14.0. The van der Waals surface area contributed by atoms with Crippen molar-refractivity contribution in [2.24, 2.45) is 0 Å². The summed E-state index contributed by atoms with van der Waals surface area (Å²) < 4.78 is 42.1. The van der Waals surface area contributed by atoms with Gasteiger partial charge in [-0.15, -0.1) is 0 Å². The molecule has 1 saturated heterocycles. The van der Waals surface area contributed by atoms with E-state index in [1.165, 1.54) is 6.42 Å². The Labute approximate surface area is 163 Å². The van der Waals surface area contributed by atoms with Gasteiger partial charge in [-0.2, -0.15) is 13.2 Å². The highest BCUT2D eigenvalue weighted by atomic mass is 19.4. The number of hydrogen-bond acceptors (Lipinski definition) is 2. The van der Waals surface area contributed by atoms with Gasteiger partial charge in [0.15, 0.2) is 6.04 Å². The van der Waals surface area contributed by atoms with Gasteiger partial charge in [-0.05, 0) is 34.7 Å². The minimum atomic E-state index is -4.49. The van der Waals surface area contributed by atoms with E-state index in [4.69, 9.17) is 0 Å². The van der Waals surface area contributed by atoms with Gasteiger partial charge in [0.25, 0.3) is 0 Å². The molecule has 2 aromatic rings. The van der Waals surface area contributed by atoms with Crippen molar-refractivity contribution in [1.82, 2.24) is 10.4 Å². The second kappa shape index (κ2) is 8.95. The summed E-state index contributed by atoms with van der Waals surface area (Å²) >= 11 is 0. The average molecular weight is 392 g/mol. The predicted octanol–water partition coefficient (Wildman–Crippen LogP) is 5.69. The number of fused-ring (bicyclic) bond motifs is 1. The van der Waals surface area contributed by atoms with Crippen molar-refractivity contribution in [3.8, 4) is 0 Å². The van der Waals surface area contributed by atoms with E-state index < -0.39 is 12.2 Å². The summed E-state index contributed by atoms with van der Waals surface area (Å²) in [6.07, 6.45) is 1.90. The molecule has 0 unspecified atom stereocenters.